The van der Waals surface area contributed by atoms with E-state index in [-0.39, 0.29) is 16.1 Å². The molecule has 0 amide bonds. The molecule has 8 nitrogen and oxygen atoms in total. The number of rotatable bonds is 6. The molecule has 30 heavy (non-hydrogen) atoms. The Bertz CT molecular complexity index is 1160. The number of carbonyl (C=O) groups excluding carboxylic acids is 1. The van der Waals surface area contributed by atoms with Crippen molar-refractivity contribution >= 4 is 31.7 Å². The van der Waals surface area contributed by atoms with Crippen LogP contribution in [-0.2, 0) is 24.8 Å². The number of esters is 1. The molecule has 0 atom stereocenters. The van der Waals surface area contributed by atoms with Gasteiger partial charge in [0.25, 0.3) is 10.0 Å². The molecule has 2 aromatic rings. The van der Waals surface area contributed by atoms with Crippen molar-refractivity contribution in [3.05, 3.63) is 53.8 Å². The standard InChI is InChI=1S/C19H21FN2O6S2/c1-28-19(23)14-8-9-17(20)18(12-14)29(24,25)21-15-6-5-7-16(13-15)30(26,27)22-10-3-2-4-11-22/h5-9,12-13,21H,2-4,10-11H2,1H3. The zero-order chi connectivity index (χ0) is 21.9. The summed E-state index contributed by atoms with van der Waals surface area (Å²) in [5.74, 6) is -1.88. The Morgan fingerprint density at radius 2 is 1.73 bits per heavy atom. The van der Waals surface area contributed by atoms with Gasteiger partial charge in [-0.05, 0) is 49.2 Å². The maximum atomic E-state index is 14.2. The van der Waals surface area contributed by atoms with Crippen LogP contribution in [0.3, 0.4) is 0 Å². The summed E-state index contributed by atoms with van der Waals surface area (Å²) in [5.41, 5.74) is -0.184. The van der Waals surface area contributed by atoms with Crippen molar-refractivity contribution in [2.24, 2.45) is 0 Å². The Balaban J connectivity index is 1.91. The number of piperidine rings is 1. The average molecular weight is 457 g/mol. The average Bonchev–Trinajstić information content (AvgIpc) is 2.74. The summed E-state index contributed by atoms with van der Waals surface area (Å²) >= 11 is 0. The van der Waals surface area contributed by atoms with Crippen molar-refractivity contribution in [1.82, 2.24) is 4.31 Å². The van der Waals surface area contributed by atoms with Gasteiger partial charge in [0, 0.05) is 13.1 Å². The molecule has 0 unspecified atom stereocenters. The lowest BCUT2D eigenvalue weighted by Gasteiger charge is -2.26. The molecule has 0 aromatic heterocycles. The number of nitrogens with one attached hydrogen (secondary N) is 1. The van der Waals surface area contributed by atoms with E-state index in [1.54, 1.807) is 0 Å². The van der Waals surface area contributed by atoms with Crippen molar-refractivity contribution in [3.8, 4) is 0 Å². The molecule has 1 N–H and O–H groups in total. The minimum atomic E-state index is -4.44. The van der Waals surface area contributed by atoms with E-state index in [0.717, 1.165) is 44.6 Å². The molecular weight excluding hydrogens is 435 g/mol. The van der Waals surface area contributed by atoms with Crippen LogP contribution in [0.1, 0.15) is 29.6 Å². The van der Waals surface area contributed by atoms with Gasteiger partial charge in [-0.15, -0.1) is 0 Å². The van der Waals surface area contributed by atoms with Crippen molar-refractivity contribution < 1.29 is 30.8 Å². The highest BCUT2D eigenvalue weighted by Crippen LogP contribution is 2.25. The number of methoxy groups -OCH3 is 1. The molecule has 1 aliphatic rings. The van der Waals surface area contributed by atoms with E-state index in [4.69, 9.17) is 0 Å². The molecule has 0 aliphatic carbocycles. The van der Waals surface area contributed by atoms with E-state index in [2.05, 4.69) is 9.46 Å². The van der Waals surface area contributed by atoms with Crippen molar-refractivity contribution in [2.45, 2.75) is 29.1 Å². The predicted molar refractivity (Wildman–Crippen MR) is 108 cm³/mol. The minimum Gasteiger partial charge on any atom is -0.465 e. The quantitative estimate of drug-likeness (QED) is 0.669. The molecule has 1 aliphatic heterocycles. The molecule has 3 rings (SSSR count). The first kappa shape index (κ1) is 22.2. The van der Waals surface area contributed by atoms with Crippen LogP contribution in [0.5, 0.6) is 0 Å². The van der Waals surface area contributed by atoms with Crippen LogP contribution in [0, 0.1) is 5.82 Å². The van der Waals surface area contributed by atoms with Crippen LogP contribution in [0.4, 0.5) is 10.1 Å². The number of halogens is 1. The Kier molecular flexibility index (Phi) is 6.44. The van der Waals surface area contributed by atoms with Gasteiger partial charge in [-0.2, -0.15) is 4.31 Å². The molecule has 162 valence electrons. The van der Waals surface area contributed by atoms with Gasteiger partial charge >= 0.3 is 5.97 Å². The zero-order valence-corrected chi connectivity index (χ0v) is 17.8. The highest BCUT2D eigenvalue weighted by molar-refractivity contribution is 7.92. The number of carbonyl (C=O) groups is 1. The Hall–Kier alpha value is -2.50. The van der Waals surface area contributed by atoms with Gasteiger partial charge in [0.15, 0.2) is 0 Å². The summed E-state index contributed by atoms with van der Waals surface area (Å²) in [6.45, 7) is 0.813. The van der Waals surface area contributed by atoms with E-state index in [1.807, 2.05) is 0 Å². The van der Waals surface area contributed by atoms with Crippen LogP contribution >= 0.6 is 0 Å². The maximum Gasteiger partial charge on any atom is 0.337 e. The van der Waals surface area contributed by atoms with Crippen LogP contribution in [0.2, 0.25) is 0 Å². The molecule has 0 bridgehead atoms. The Labute approximate surface area is 174 Å². The number of sulfonamides is 2. The first-order valence-electron chi connectivity index (χ1n) is 9.16. The second-order valence-electron chi connectivity index (χ2n) is 6.73. The second kappa shape index (κ2) is 8.70. The number of benzene rings is 2. The van der Waals surface area contributed by atoms with E-state index in [0.29, 0.717) is 13.1 Å². The van der Waals surface area contributed by atoms with Crippen molar-refractivity contribution in [2.75, 3.05) is 24.9 Å². The largest absolute Gasteiger partial charge is 0.465 e. The highest BCUT2D eigenvalue weighted by Gasteiger charge is 2.27. The summed E-state index contributed by atoms with van der Waals surface area (Å²) in [6.07, 6.45) is 2.49. The van der Waals surface area contributed by atoms with Crippen LogP contribution in [0.15, 0.2) is 52.3 Å². The number of hydrogen-bond donors (Lipinski definition) is 1. The Morgan fingerprint density at radius 3 is 2.40 bits per heavy atom. The fraction of sp³-hybridized carbons (Fsp3) is 0.316. The van der Waals surface area contributed by atoms with Crippen LogP contribution < -0.4 is 4.72 Å². The third kappa shape index (κ3) is 4.63. The topological polar surface area (TPSA) is 110 Å². The first-order valence-corrected chi connectivity index (χ1v) is 12.1. The SMILES string of the molecule is COC(=O)c1ccc(F)c(S(=O)(=O)Nc2cccc(S(=O)(=O)N3CCCCC3)c2)c1. The van der Waals surface area contributed by atoms with Gasteiger partial charge in [-0.3, -0.25) is 4.72 Å². The monoisotopic (exact) mass is 456 g/mol. The molecule has 0 spiro atoms. The first-order chi connectivity index (χ1) is 14.1. The Morgan fingerprint density at radius 1 is 1.03 bits per heavy atom. The lowest BCUT2D eigenvalue weighted by Crippen LogP contribution is -2.35. The predicted octanol–water partition coefficient (Wildman–Crippen LogP) is 2.59. The minimum absolute atomic E-state index is 0.0454. The summed E-state index contributed by atoms with van der Waals surface area (Å²) in [6, 6.07) is 8.12. The normalized spacial score (nSPS) is 15.5. The highest BCUT2D eigenvalue weighted by atomic mass is 32.2. The molecule has 0 saturated carbocycles. The molecule has 2 aromatic carbocycles. The van der Waals surface area contributed by atoms with E-state index < -0.39 is 36.7 Å². The van der Waals surface area contributed by atoms with Crippen LogP contribution in [-0.4, -0.2) is 47.3 Å². The molecule has 0 radical (unpaired) electrons. The number of ether oxygens (including phenoxy) is 1. The number of hydrogen-bond acceptors (Lipinski definition) is 6. The molecular formula is C19H21FN2O6S2. The van der Waals surface area contributed by atoms with Crippen molar-refractivity contribution in [1.29, 1.82) is 0 Å². The molecule has 1 heterocycles. The van der Waals surface area contributed by atoms with Gasteiger partial charge in [-0.25, -0.2) is 26.0 Å². The van der Waals surface area contributed by atoms with Gasteiger partial charge in [-0.1, -0.05) is 12.5 Å². The summed E-state index contributed by atoms with van der Waals surface area (Å²) in [5, 5.41) is 0. The fourth-order valence-corrected chi connectivity index (χ4v) is 5.86. The van der Waals surface area contributed by atoms with Crippen molar-refractivity contribution in [3.63, 3.8) is 0 Å². The smallest absolute Gasteiger partial charge is 0.337 e. The third-order valence-corrected chi connectivity index (χ3v) is 7.97. The molecule has 1 fully saturated rings. The van der Waals surface area contributed by atoms with Gasteiger partial charge in [0.1, 0.15) is 10.7 Å². The van der Waals surface area contributed by atoms with E-state index in [1.165, 1.54) is 28.6 Å². The van der Waals surface area contributed by atoms with Gasteiger partial charge in [0.2, 0.25) is 10.0 Å². The van der Waals surface area contributed by atoms with E-state index in [9.17, 15) is 26.0 Å². The fourth-order valence-electron chi connectivity index (χ4n) is 3.14. The summed E-state index contributed by atoms with van der Waals surface area (Å²) in [7, 11) is -7.09. The van der Waals surface area contributed by atoms with Crippen LogP contribution in [0.25, 0.3) is 0 Å². The zero-order valence-electron chi connectivity index (χ0n) is 16.2. The number of nitrogens with zero attached hydrogens (tertiary/aromatic N) is 1. The van der Waals surface area contributed by atoms with E-state index >= 15 is 0 Å². The molecule has 11 heteroatoms. The lowest BCUT2D eigenvalue weighted by atomic mass is 10.2. The summed E-state index contributed by atoms with van der Waals surface area (Å²) in [4.78, 5) is 10.8. The second-order valence-corrected chi connectivity index (χ2v) is 10.3. The lowest BCUT2D eigenvalue weighted by molar-refractivity contribution is 0.0600. The number of anilines is 1. The van der Waals surface area contributed by atoms with Gasteiger partial charge in [0.05, 0.1) is 23.3 Å². The van der Waals surface area contributed by atoms with Gasteiger partial charge < -0.3 is 4.74 Å². The summed E-state index contributed by atoms with van der Waals surface area (Å²) < 4.78 is 73.2. The third-order valence-electron chi connectivity index (χ3n) is 4.68. The molecule has 1 saturated heterocycles. The maximum absolute atomic E-state index is 14.2.